The molecule has 0 aliphatic rings. The summed E-state index contributed by atoms with van der Waals surface area (Å²) in [5.74, 6) is 0.208. The molecule has 6 heteroatoms. The first-order valence-electron chi connectivity index (χ1n) is 7.79. The molecule has 0 aliphatic carbocycles. The van der Waals surface area contributed by atoms with Gasteiger partial charge < -0.3 is 10.1 Å². The average molecular weight is 356 g/mol. The van der Waals surface area contributed by atoms with Crippen LogP contribution in [0.25, 0.3) is 0 Å². The number of ether oxygens (including phenoxy) is 1. The van der Waals surface area contributed by atoms with Crippen molar-refractivity contribution in [2.24, 2.45) is 0 Å². The third kappa shape index (κ3) is 4.00. The van der Waals surface area contributed by atoms with Gasteiger partial charge in [-0.15, -0.1) is 0 Å². The highest BCUT2D eigenvalue weighted by Crippen LogP contribution is 2.31. The van der Waals surface area contributed by atoms with Gasteiger partial charge in [-0.3, -0.25) is 9.48 Å². The molecule has 5 nitrogen and oxygen atoms in total. The van der Waals surface area contributed by atoms with Crippen LogP contribution in [0.15, 0.2) is 54.7 Å². The Balaban J connectivity index is 1.75. The second kappa shape index (κ2) is 7.40. The van der Waals surface area contributed by atoms with Crippen molar-refractivity contribution in [3.8, 4) is 5.75 Å². The van der Waals surface area contributed by atoms with E-state index in [1.54, 1.807) is 29.1 Å². The van der Waals surface area contributed by atoms with E-state index in [2.05, 4.69) is 10.4 Å². The van der Waals surface area contributed by atoms with E-state index < -0.39 is 0 Å². The van der Waals surface area contributed by atoms with E-state index in [1.807, 2.05) is 37.3 Å². The van der Waals surface area contributed by atoms with Crippen LogP contribution in [0.4, 0.5) is 5.69 Å². The molecule has 0 saturated heterocycles. The van der Waals surface area contributed by atoms with Crippen LogP contribution in [0.2, 0.25) is 5.02 Å². The van der Waals surface area contributed by atoms with Crippen molar-refractivity contribution in [1.82, 2.24) is 9.78 Å². The first kappa shape index (κ1) is 17.0. The molecule has 1 aromatic heterocycles. The van der Waals surface area contributed by atoms with Crippen LogP contribution in [0.1, 0.15) is 21.6 Å². The molecule has 0 fully saturated rings. The Kier molecular flexibility index (Phi) is 5.05. The molecule has 3 rings (SSSR count). The lowest BCUT2D eigenvalue weighted by molar-refractivity contribution is 0.102. The fourth-order valence-corrected chi connectivity index (χ4v) is 2.61. The largest absolute Gasteiger partial charge is 0.495 e. The highest BCUT2D eigenvalue weighted by Gasteiger charge is 2.14. The summed E-state index contributed by atoms with van der Waals surface area (Å²) in [5.41, 5.74) is 2.87. The number of hydrogen-bond acceptors (Lipinski definition) is 3. The lowest BCUT2D eigenvalue weighted by Crippen LogP contribution is -2.14. The molecule has 25 heavy (non-hydrogen) atoms. The lowest BCUT2D eigenvalue weighted by atomic mass is 10.2. The van der Waals surface area contributed by atoms with Crippen molar-refractivity contribution in [3.63, 3.8) is 0 Å². The fraction of sp³-hybridized carbons (Fsp3) is 0.158. The predicted octanol–water partition coefficient (Wildman–Crippen LogP) is 4.15. The molecular formula is C19H18ClN3O2. The summed E-state index contributed by atoms with van der Waals surface area (Å²) in [7, 11) is 1.53. The SMILES string of the molecule is COc1cc(Cl)c(C)cc1NC(=O)c1ccn(Cc2ccccc2)n1. The lowest BCUT2D eigenvalue weighted by Gasteiger charge is -2.11. The van der Waals surface area contributed by atoms with Gasteiger partial charge >= 0.3 is 0 Å². The minimum Gasteiger partial charge on any atom is -0.495 e. The molecule has 128 valence electrons. The molecule has 1 heterocycles. The number of nitrogens with zero attached hydrogens (tertiary/aromatic N) is 2. The molecule has 0 spiro atoms. The molecule has 1 amide bonds. The molecule has 1 N–H and O–H groups in total. The third-order valence-corrected chi connectivity index (χ3v) is 4.20. The number of amides is 1. The molecule has 0 radical (unpaired) electrons. The van der Waals surface area contributed by atoms with Crippen LogP contribution >= 0.6 is 11.6 Å². The van der Waals surface area contributed by atoms with Gasteiger partial charge in [-0.25, -0.2) is 0 Å². The van der Waals surface area contributed by atoms with Gasteiger partial charge in [0.05, 0.1) is 19.3 Å². The predicted molar refractivity (Wildman–Crippen MR) is 98.5 cm³/mol. The number of halogens is 1. The van der Waals surface area contributed by atoms with Gasteiger partial charge in [-0.2, -0.15) is 5.10 Å². The number of nitrogens with one attached hydrogen (secondary N) is 1. The van der Waals surface area contributed by atoms with Crippen LogP contribution in [-0.4, -0.2) is 22.8 Å². The van der Waals surface area contributed by atoms with Crippen LogP contribution in [0.3, 0.4) is 0 Å². The Morgan fingerprint density at radius 2 is 2.00 bits per heavy atom. The number of hydrogen-bond donors (Lipinski definition) is 1. The van der Waals surface area contributed by atoms with Crippen LogP contribution in [0.5, 0.6) is 5.75 Å². The second-order valence-corrected chi connectivity index (χ2v) is 6.05. The molecule has 0 atom stereocenters. The van der Waals surface area contributed by atoms with E-state index in [-0.39, 0.29) is 5.91 Å². The molecule has 0 unspecified atom stereocenters. The average Bonchev–Trinajstić information content (AvgIpc) is 3.07. The highest BCUT2D eigenvalue weighted by molar-refractivity contribution is 6.31. The molecule has 3 aromatic rings. The standard InChI is InChI=1S/C19H18ClN3O2/c1-13-10-17(18(25-2)11-15(13)20)21-19(24)16-8-9-23(22-16)12-14-6-4-3-5-7-14/h3-11H,12H2,1-2H3,(H,21,24). The van der Waals surface area contributed by atoms with Crippen molar-refractivity contribution in [1.29, 1.82) is 0 Å². The number of aromatic nitrogens is 2. The van der Waals surface area contributed by atoms with E-state index in [1.165, 1.54) is 7.11 Å². The maximum Gasteiger partial charge on any atom is 0.276 e. The topological polar surface area (TPSA) is 56.1 Å². The van der Waals surface area contributed by atoms with E-state index >= 15 is 0 Å². The van der Waals surface area contributed by atoms with Crippen LogP contribution in [0, 0.1) is 6.92 Å². The summed E-state index contributed by atoms with van der Waals surface area (Å²) in [5, 5.41) is 7.74. The first-order valence-corrected chi connectivity index (χ1v) is 8.17. The summed E-state index contributed by atoms with van der Waals surface area (Å²) in [6.45, 7) is 2.48. The quantitative estimate of drug-likeness (QED) is 0.747. The van der Waals surface area contributed by atoms with Crippen molar-refractivity contribution >= 4 is 23.2 Å². The number of benzene rings is 2. The van der Waals surface area contributed by atoms with Crippen molar-refractivity contribution in [2.45, 2.75) is 13.5 Å². The normalized spacial score (nSPS) is 10.5. The Labute approximate surface area is 151 Å². The minimum absolute atomic E-state index is 0.299. The summed E-state index contributed by atoms with van der Waals surface area (Å²) in [4.78, 5) is 12.5. The van der Waals surface area contributed by atoms with E-state index in [9.17, 15) is 4.79 Å². The number of rotatable bonds is 5. The third-order valence-electron chi connectivity index (χ3n) is 3.79. The number of carbonyl (C=O) groups is 1. The summed E-state index contributed by atoms with van der Waals surface area (Å²) < 4.78 is 7.01. The summed E-state index contributed by atoms with van der Waals surface area (Å²) >= 11 is 6.09. The molecule has 0 saturated carbocycles. The summed E-state index contributed by atoms with van der Waals surface area (Å²) in [6, 6.07) is 15.1. The van der Waals surface area contributed by atoms with Gasteiger partial charge in [-0.1, -0.05) is 41.9 Å². The maximum absolute atomic E-state index is 12.5. The zero-order chi connectivity index (χ0) is 17.8. The Morgan fingerprint density at radius 3 is 2.72 bits per heavy atom. The highest BCUT2D eigenvalue weighted by atomic mass is 35.5. The van der Waals surface area contributed by atoms with Crippen LogP contribution < -0.4 is 10.1 Å². The molecule has 0 bridgehead atoms. The van der Waals surface area contributed by atoms with Gasteiger partial charge in [0.25, 0.3) is 5.91 Å². The summed E-state index contributed by atoms with van der Waals surface area (Å²) in [6.07, 6.45) is 1.78. The number of carbonyl (C=O) groups excluding carboxylic acids is 1. The fourth-order valence-electron chi connectivity index (χ4n) is 2.46. The Hall–Kier alpha value is -2.79. The van der Waals surface area contributed by atoms with Crippen molar-refractivity contribution in [3.05, 3.63) is 76.6 Å². The van der Waals surface area contributed by atoms with Gasteiger partial charge in [0.15, 0.2) is 5.69 Å². The monoisotopic (exact) mass is 355 g/mol. The molecular weight excluding hydrogens is 338 g/mol. The Bertz CT molecular complexity index is 891. The van der Waals surface area contributed by atoms with Gasteiger partial charge in [0, 0.05) is 17.3 Å². The number of aryl methyl sites for hydroxylation is 1. The van der Waals surface area contributed by atoms with Gasteiger partial charge in [0.2, 0.25) is 0 Å². The van der Waals surface area contributed by atoms with Gasteiger partial charge in [0.1, 0.15) is 5.75 Å². The van der Waals surface area contributed by atoms with Crippen molar-refractivity contribution in [2.75, 3.05) is 12.4 Å². The van der Waals surface area contributed by atoms with E-state index in [0.717, 1.165) is 11.1 Å². The second-order valence-electron chi connectivity index (χ2n) is 5.64. The van der Waals surface area contributed by atoms with Crippen molar-refractivity contribution < 1.29 is 9.53 Å². The van der Waals surface area contributed by atoms with Crippen LogP contribution in [-0.2, 0) is 6.54 Å². The minimum atomic E-state index is -0.299. The number of anilines is 1. The maximum atomic E-state index is 12.5. The van der Waals surface area contributed by atoms with E-state index in [4.69, 9.17) is 16.3 Å². The molecule has 0 aliphatic heterocycles. The van der Waals surface area contributed by atoms with E-state index in [0.29, 0.717) is 28.7 Å². The molecule has 2 aromatic carbocycles. The zero-order valence-corrected chi connectivity index (χ0v) is 14.7. The van der Waals surface area contributed by atoms with Gasteiger partial charge in [-0.05, 0) is 30.2 Å². The first-order chi connectivity index (χ1) is 12.1. The Morgan fingerprint density at radius 1 is 1.24 bits per heavy atom. The number of methoxy groups -OCH3 is 1. The zero-order valence-electron chi connectivity index (χ0n) is 14.0. The smallest absolute Gasteiger partial charge is 0.276 e.